The minimum absolute atomic E-state index is 0.208. The molecular formula is C16H22ClNO2S. The average Bonchev–Trinajstić information content (AvgIpc) is 2.69. The molecule has 5 heteroatoms. The van der Waals surface area contributed by atoms with Crippen molar-refractivity contribution >= 4 is 23.4 Å². The molecule has 1 atom stereocenters. The van der Waals surface area contributed by atoms with E-state index in [0.717, 1.165) is 48.5 Å². The highest BCUT2D eigenvalue weighted by Gasteiger charge is 2.31. The number of para-hydroxylation sites is 1. The van der Waals surface area contributed by atoms with E-state index in [1.807, 2.05) is 23.9 Å². The third-order valence-electron chi connectivity index (χ3n) is 4.36. The highest BCUT2D eigenvalue weighted by Crippen LogP contribution is 2.37. The molecule has 0 aromatic heterocycles. The van der Waals surface area contributed by atoms with E-state index in [1.165, 1.54) is 0 Å². The molecule has 0 bridgehead atoms. The highest BCUT2D eigenvalue weighted by atomic mass is 35.5. The van der Waals surface area contributed by atoms with Crippen LogP contribution in [0.25, 0.3) is 0 Å². The number of aliphatic hydroxyl groups is 1. The smallest absolute Gasteiger partial charge is 0.142 e. The van der Waals surface area contributed by atoms with Gasteiger partial charge in [-0.1, -0.05) is 23.7 Å². The Labute approximate surface area is 135 Å². The molecule has 0 aliphatic carbocycles. The molecule has 2 heterocycles. The van der Waals surface area contributed by atoms with Gasteiger partial charge in [-0.2, -0.15) is 11.8 Å². The molecule has 0 radical (unpaired) electrons. The van der Waals surface area contributed by atoms with Crippen molar-refractivity contribution in [3.05, 3.63) is 28.8 Å². The second-order valence-electron chi connectivity index (χ2n) is 5.92. The van der Waals surface area contributed by atoms with Crippen molar-refractivity contribution in [2.75, 3.05) is 24.7 Å². The number of benzene rings is 1. The molecule has 2 aliphatic rings. The van der Waals surface area contributed by atoms with Gasteiger partial charge in [0.05, 0.1) is 17.2 Å². The van der Waals surface area contributed by atoms with Crippen molar-refractivity contribution in [2.45, 2.75) is 37.3 Å². The summed E-state index contributed by atoms with van der Waals surface area (Å²) < 4.78 is 5.79. The van der Waals surface area contributed by atoms with Crippen molar-refractivity contribution < 1.29 is 9.84 Å². The summed E-state index contributed by atoms with van der Waals surface area (Å²) in [7, 11) is 0. The molecule has 3 rings (SSSR count). The fourth-order valence-electron chi connectivity index (χ4n) is 3.02. The van der Waals surface area contributed by atoms with Crippen molar-refractivity contribution in [2.24, 2.45) is 0 Å². The monoisotopic (exact) mass is 327 g/mol. The Bertz CT molecular complexity index is 491. The first kappa shape index (κ1) is 15.5. The van der Waals surface area contributed by atoms with Crippen LogP contribution in [0.3, 0.4) is 0 Å². The van der Waals surface area contributed by atoms with Crippen LogP contribution in [-0.2, 0) is 0 Å². The number of ether oxygens (including phenoxy) is 1. The Kier molecular flexibility index (Phi) is 4.99. The summed E-state index contributed by atoms with van der Waals surface area (Å²) in [6, 6.07) is 6.12. The van der Waals surface area contributed by atoms with E-state index in [4.69, 9.17) is 16.3 Å². The number of rotatable bonds is 3. The van der Waals surface area contributed by atoms with Gasteiger partial charge in [0.25, 0.3) is 0 Å². The Morgan fingerprint density at radius 1 is 1.38 bits per heavy atom. The standard InChI is InChI=1S/C16H22ClNO2S/c17-13-4-1-3-12-14(5-2-8-20-15(12)13)18-11-16(19)6-9-21-10-7-16/h1,3-4,14,18-19H,2,5-11H2. The zero-order valence-electron chi connectivity index (χ0n) is 12.1. The molecule has 2 N–H and O–H groups in total. The Morgan fingerprint density at radius 2 is 2.19 bits per heavy atom. The zero-order valence-corrected chi connectivity index (χ0v) is 13.7. The molecule has 1 fully saturated rings. The van der Waals surface area contributed by atoms with Crippen LogP contribution in [0.5, 0.6) is 5.75 Å². The lowest BCUT2D eigenvalue weighted by molar-refractivity contribution is 0.0293. The maximum Gasteiger partial charge on any atom is 0.142 e. The summed E-state index contributed by atoms with van der Waals surface area (Å²) in [5, 5.41) is 14.9. The molecule has 2 aliphatic heterocycles. The van der Waals surface area contributed by atoms with Crippen LogP contribution >= 0.6 is 23.4 Å². The molecule has 1 aromatic rings. The Hall–Kier alpha value is -0.420. The molecule has 1 unspecified atom stereocenters. The second kappa shape index (κ2) is 6.78. The van der Waals surface area contributed by atoms with E-state index >= 15 is 0 Å². The van der Waals surface area contributed by atoms with Crippen LogP contribution in [0.2, 0.25) is 5.02 Å². The van der Waals surface area contributed by atoms with Crippen LogP contribution in [0.15, 0.2) is 18.2 Å². The third kappa shape index (κ3) is 3.67. The van der Waals surface area contributed by atoms with Gasteiger partial charge in [0.1, 0.15) is 5.75 Å². The molecule has 3 nitrogen and oxygen atoms in total. The Balaban J connectivity index is 1.72. The summed E-state index contributed by atoms with van der Waals surface area (Å²) in [5.74, 6) is 2.91. The van der Waals surface area contributed by atoms with Crippen LogP contribution < -0.4 is 10.1 Å². The molecular weight excluding hydrogens is 306 g/mol. The van der Waals surface area contributed by atoms with Gasteiger partial charge < -0.3 is 15.2 Å². The van der Waals surface area contributed by atoms with Crippen molar-refractivity contribution in [1.29, 1.82) is 0 Å². The van der Waals surface area contributed by atoms with Gasteiger partial charge in [-0.25, -0.2) is 0 Å². The maximum atomic E-state index is 10.6. The topological polar surface area (TPSA) is 41.5 Å². The van der Waals surface area contributed by atoms with Gasteiger partial charge in [-0.3, -0.25) is 0 Å². The predicted molar refractivity (Wildman–Crippen MR) is 88.4 cm³/mol. The van der Waals surface area contributed by atoms with E-state index in [2.05, 4.69) is 11.4 Å². The molecule has 0 amide bonds. The van der Waals surface area contributed by atoms with E-state index in [0.29, 0.717) is 18.2 Å². The molecule has 0 saturated carbocycles. The van der Waals surface area contributed by atoms with Crippen molar-refractivity contribution in [3.8, 4) is 5.75 Å². The quantitative estimate of drug-likeness (QED) is 0.892. The van der Waals surface area contributed by atoms with Gasteiger partial charge in [-0.15, -0.1) is 0 Å². The minimum atomic E-state index is -0.558. The summed E-state index contributed by atoms with van der Waals surface area (Å²) in [5.41, 5.74) is 0.561. The number of hydrogen-bond acceptors (Lipinski definition) is 4. The lowest BCUT2D eigenvalue weighted by atomic mass is 9.95. The fraction of sp³-hybridized carbons (Fsp3) is 0.625. The molecule has 21 heavy (non-hydrogen) atoms. The normalized spacial score (nSPS) is 24.8. The summed E-state index contributed by atoms with van der Waals surface area (Å²) in [4.78, 5) is 0. The number of fused-ring (bicyclic) bond motifs is 1. The first-order chi connectivity index (χ1) is 10.2. The Morgan fingerprint density at radius 3 is 3.00 bits per heavy atom. The molecule has 1 saturated heterocycles. The van der Waals surface area contributed by atoms with E-state index < -0.39 is 5.60 Å². The SMILES string of the molecule is OC1(CNC2CCCOc3c(Cl)cccc32)CCSCC1. The highest BCUT2D eigenvalue weighted by molar-refractivity contribution is 7.99. The maximum absolute atomic E-state index is 10.6. The molecule has 1 aromatic carbocycles. The van der Waals surface area contributed by atoms with Crippen molar-refractivity contribution in [1.82, 2.24) is 5.32 Å². The summed E-state index contributed by atoms with van der Waals surface area (Å²) in [6.07, 6.45) is 3.75. The van der Waals surface area contributed by atoms with Crippen LogP contribution in [0, 0.1) is 0 Å². The van der Waals surface area contributed by atoms with Gasteiger partial charge in [-0.05, 0) is 43.3 Å². The van der Waals surface area contributed by atoms with Crippen LogP contribution in [-0.4, -0.2) is 35.4 Å². The summed E-state index contributed by atoms with van der Waals surface area (Å²) >= 11 is 8.18. The van der Waals surface area contributed by atoms with Crippen LogP contribution in [0.1, 0.15) is 37.3 Å². The third-order valence-corrected chi connectivity index (χ3v) is 5.64. The largest absolute Gasteiger partial charge is 0.492 e. The predicted octanol–water partition coefficient (Wildman–Crippen LogP) is 3.40. The fourth-order valence-corrected chi connectivity index (χ4v) is 4.51. The first-order valence-corrected chi connectivity index (χ1v) is 9.16. The number of halogens is 1. The number of nitrogens with one attached hydrogen (secondary N) is 1. The van der Waals surface area contributed by atoms with E-state index in [9.17, 15) is 5.11 Å². The van der Waals surface area contributed by atoms with Crippen molar-refractivity contribution in [3.63, 3.8) is 0 Å². The zero-order chi connectivity index (χ0) is 14.7. The molecule has 116 valence electrons. The molecule has 0 spiro atoms. The van der Waals surface area contributed by atoms with Gasteiger partial charge >= 0.3 is 0 Å². The van der Waals surface area contributed by atoms with Gasteiger partial charge in [0.15, 0.2) is 0 Å². The summed E-state index contributed by atoms with van der Waals surface area (Å²) in [6.45, 7) is 1.35. The second-order valence-corrected chi connectivity index (χ2v) is 7.55. The first-order valence-electron chi connectivity index (χ1n) is 7.63. The average molecular weight is 328 g/mol. The van der Waals surface area contributed by atoms with E-state index in [-0.39, 0.29) is 6.04 Å². The minimum Gasteiger partial charge on any atom is -0.492 e. The lowest BCUT2D eigenvalue weighted by Gasteiger charge is -2.33. The van der Waals surface area contributed by atoms with Gasteiger partial charge in [0.2, 0.25) is 0 Å². The van der Waals surface area contributed by atoms with Crippen LogP contribution in [0.4, 0.5) is 0 Å². The van der Waals surface area contributed by atoms with Gasteiger partial charge in [0, 0.05) is 18.2 Å². The lowest BCUT2D eigenvalue weighted by Crippen LogP contribution is -2.44. The number of thioether (sulfide) groups is 1. The number of hydrogen-bond donors (Lipinski definition) is 2. The van der Waals surface area contributed by atoms with E-state index in [1.54, 1.807) is 0 Å².